The largest absolute Gasteiger partial charge is 0.478 e. The molecule has 7 heteroatoms. The summed E-state index contributed by atoms with van der Waals surface area (Å²) in [4.78, 5) is 34.3. The van der Waals surface area contributed by atoms with Gasteiger partial charge in [-0.05, 0) is 38.0 Å². The summed E-state index contributed by atoms with van der Waals surface area (Å²) in [5.41, 5.74) is 0. The molecule has 3 N–H and O–H groups in total. The Bertz CT molecular complexity index is 616. The van der Waals surface area contributed by atoms with Crippen molar-refractivity contribution < 1.29 is 24.2 Å². The molecule has 2 heterocycles. The maximum Gasteiger partial charge on any atom is 0.327 e. The number of amides is 2. The van der Waals surface area contributed by atoms with Gasteiger partial charge in [0, 0.05) is 25.0 Å². The summed E-state index contributed by atoms with van der Waals surface area (Å²) in [6.45, 7) is 2.67. The molecule has 0 aromatic rings. The van der Waals surface area contributed by atoms with Gasteiger partial charge in [0.1, 0.15) is 0 Å². The molecule has 2 bridgehead atoms. The summed E-state index contributed by atoms with van der Waals surface area (Å²) in [6, 6.07) is 0. The average Bonchev–Trinajstić information content (AvgIpc) is 3.29. The number of hydrogen-bond acceptors (Lipinski definition) is 4. The molecule has 0 spiro atoms. The van der Waals surface area contributed by atoms with Gasteiger partial charge in [-0.3, -0.25) is 9.59 Å². The minimum Gasteiger partial charge on any atom is -0.478 e. The van der Waals surface area contributed by atoms with Crippen molar-refractivity contribution >= 4 is 17.8 Å². The lowest BCUT2D eigenvalue weighted by Gasteiger charge is -2.27. The van der Waals surface area contributed by atoms with Gasteiger partial charge >= 0.3 is 5.97 Å². The van der Waals surface area contributed by atoms with E-state index in [-0.39, 0.29) is 36.5 Å². The molecule has 0 unspecified atom stereocenters. The number of unbranched alkanes of at least 4 members (excludes halogenated alkanes) is 2. The van der Waals surface area contributed by atoms with Gasteiger partial charge in [0.05, 0.1) is 18.8 Å². The first-order valence-corrected chi connectivity index (χ1v) is 10.7. The topological polar surface area (TPSA) is 105 Å². The molecule has 2 aliphatic rings. The van der Waals surface area contributed by atoms with Crippen molar-refractivity contribution in [1.82, 2.24) is 10.6 Å². The molecule has 4 atom stereocenters. The summed E-state index contributed by atoms with van der Waals surface area (Å²) in [5, 5.41) is 14.2. The number of carboxylic acid groups (broad SMARTS) is 1. The fraction of sp³-hybridized carbons (Fsp3) is 0.682. The van der Waals surface area contributed by atoms with Crippen LogP contribution in [0, 0.1) is 11.8 Å². The molecular formula is C22H34N2O5. The van der Waals surface area contributed by atoms with Crippen LogP contribution in [0.15, 0.2) is 24.3 Å². The Morgan fingerprint density at radius 1 is 1.00 bits per heavy atom. The van der Waals surface area contributed by atoms with Crippen LogP contribution < -0.4 is 10.6 Å². The molecule has 2 aliphatic heterocycles. The first-order chi connectivity index (χ1) is 14.0. The molecule has 0 aromatic heterocycles. The first kappa shape index (κ1) is 23.1. The molecule has 162 valence electrons. The van der Waals surface area contributed by atoms with Gasteiger partial charge in [-0.1, -0.05) is 38.0 Å². The summed E-state index contributed by atoms with van der Waals surface area (Å²) in [7, 11) is 0. The van der Waals surface area contributed by atoms with Crippen LogP contribution in [0.5, 0.6) is 0 Å². The molecule has 2 fully saturated rings. The molecule has 29 heavy (non-hydrogen) atoms. The molecule has 0 radical (unpaired) electrons. The van der Waals surface area contributed by atoms with Gasteiger partial charge in [-0.15, -0.1) is 0 Å². The Morgan fingerprint density at radius 3 is 2.48 bits per heavy atom. The molecule has 7 nitrogen and oxygen atoms in total. The Morgan fingerprint density at radius 2 is 1.76 bits per heavy atom. The summed E-state index contributed by atoms with van der Waals surface area (Å²) in [5.74, 6) is -0.538. The Hall–Kier alpha value is -2.15. The third-order valence-corrected chi connectivity index (χ3v) is 5.69. The number of carbonyl (C=O) groups excluding carboxylic acids is 2. The predicted octanol–water partition coefficient (Wildman–Crippen LogP) is 2.57. The molecule has 0 saturated carbocycles. The lowest BCUT2D eigenvalue weighted by atomic mass is 9.77. The number of allylic oxidation sites excluding steroid dienone is 3. The van der Waals surface area contributed by atoms with E-state index in [0.29, 0.717) is 25.3 Å². The maximum atomic E-state index is 12.1. The van der Waals surface area contributed by atoms with Gasteiger partial charge in [-0.2, -0.15) is 0 Å². The van der Waals surface area contributed by atoms with E-state index in [4.69, 9.17) is 9.84 Å². The first-order valence-electron chi connectivity index (χ1n) is 10.7. The number of rotatable bonds is 13. The second-order valence-corrected chi connectivity index (χ2v) is 7.84. The monoisotopic (exact) mass is 406 g/mol. The lowest BCUT2D eigenvalue weighted by molar-refractivity contribution is -0.131. The van der Waals surface area contributed by atoms with Crippen molar-refractivity contribution in [2.75, 3.05) is 13.1 Å². The molecule has 2 saturated heterocycles. The zero-order chi connectivity index (χ0) is 21.1. The van der Waals surface area contributed by atoms with E-state index in [9.17, 15) is 14.4 Å². The standard InChI is InChI=1S/C22H34N2O5/c1-2-3-6-10-20(25)24-15-21(26)23-14-17-16(18-12-13-19(17)29-18)9-7-4-5-8-11-22(27)28/h4,7-8,11,16-19H,2-3,5-6,9-10,12-15H2,1H3,(H,23,26)(H,24,25)(H,27,28)/b7-4-,11-8+/t16-,17+,18-,19+/m1/s1. The number of hydrogen-bond donors (Lipinski definition) is 3. The fourth-order valence-corrected chi connectivity index (χ4v) is 4.17. The van der Waals surface area contributed by atoms with E-state index in [1.54, 1.807) is 6.08 Å². The van der Waals surface area contributed by atoms with Crippen molar-refractivity contribution in [1.29, 1.82) is 0 Å². The van der Waals surface area contributed by atoms with Crippen molar-refractivity contribution in [3.05, 3.63) is 24.3 Å². The van der Waals surface area contributed by atoms with Crippen LogP contribution in [-0.2, 0) is 19.1 Å². The highest BCUT2D eigenvalue weighted by Gasteiger charge is 2.47. The number of carbonyl (C=O) groups is 3. The van der Waals surface area contributed by atoms with Gasteiger partial charge in [0.2, 0.25) is 11.8 Å². The Balaban J connectivity index is 1.70. The van der Waals surface area contributed by atoms with Crippen LogP contribution >= 0.6 is 0 Å². The Labute approximate surface area is 173 Å². The number of carboxylic acids is 1. The van der Waals surface area contributed by atoms with Crippen molar-refractivity contribution in [3.63, 3.8) is 0 Å². The van der Waals surface area contributed by atoms with E-state index in [0.717, 1.165) is 44.6 Å². The molecule has 2 amide bonds. The molecule has 0 aliphatic carbocycles. The van der Waals surface area contributed by atoms with Crippen LogP contribution in [0.1, 0.15) is 58.3 Å². The van der Waals surface area contributed by atoms with Crippen LogP contribution in [0.25, 0.3) is 0 Å². The smallest absolute Gasteiger partial charge is 0.327 e. The zero-order valence-corrected chi connectivity index (χ0v) is 17.3. The van der Waals surface area contributed by atoms with Gasteiger partial charge < -0.3 is 20.5 Å². The normalized spacial score (nSPS) is 25.7. The van der Waals surface area contributed by atoms with E-state index in [1.807, 2.05) is 6.08 Å². The van der Waals surface area contributed by atoms with Gasteiger partial charge in [-0.25, -0.2) is 4.79 Å². The SMILES string of the molecule is CCCCCC(=O)NCC(=O)NC[C@H]1[C@@H](C/C=C\C/C=C/C(=O)O)[C@H]2CC[C@@H]1O2. The Kier molecular flexibility index (Phi) is 9.91. The third-order valence-electron chi connectivity index (χ3n) is 5.69. The number of nitrogens with one attached hydrogen (secondary N) is 2. The fourth-order valence-electron chi connectivity index (χ4n) is 4.17. The van der Waals surface area contributed by atoms with Crippen LogP contribution in [-0.4, -0.2) is 48.2 Å². The van der Waals surface area contributed by atoms with E-state index in [2.05, 4.69) is 23.6 Å². The van der Waals surface area contributed by atoms with Crippen LogP contribution in [0.4, 0.5) is 0 Å². The highest BCUT2D eigenvalue weighted by Crippen LogP contribution is 2.44. The molecule has 0 aromatic carbocycles. The predicted molar refractivity (Wildman–Crippen MR) is 110 cm³/mol. The number of fused-ring (bicyclic) bond motifs is 2. The van der Waals surface area contributed by atoms with Gasteiger partial charge in [0.15, 0.2) is 0 Å². The maximum absolute atomic E-state index is 12.1. The minimum absolute atomic E-state index is 0.0209. The summed E-state index contributed by atoms with van der Waals surface area (Å²) >= 11 is 0. The average molecular weight is 407 g/mol. The highest BCUT2D eigenvalue weighted by molar-refractivity contribution is 5.84. The zero-order valence-electron chi connectivity index (χ0n) is 17.3. The number of ether oxygens (including phenoxy) is 1. The second kappa shape index (κ2) is 12.4. The quantitative estimate of drug-likeness (QED) is 0.248. The van der Waals surface area contributed by atoms with Crippen molar-refractivity contribution in [2.45, 2.75) is 70.5 Å². The lowest BCUT2D eigenvalue weighted by Crippen LogP contribution is -2.42. The number of aliphatic carboxylic acids is 1. The van der Waals surface area contributed by atoms with E-state index < -0.39 is 5.97 Å². The summed E-state index contributed by atoms with van der Waals surface area (Å²) < 4.78 is 6.05. The van der Waals surface area contributed by atoms with E-state index >= 15 is 0 Å². The van der Waals surface area contributed by atoms with Crippen molar-refractivity contribution in [3.8, 4) is 0 Å². The van der Waals surface area contributed by atoms with Crippen LogP contribution in [0.3, 0.4) is 0 Å². The van der Waals surface area contributed by atoms with Crippen molar-refractivity contribution in [2.24, 2.45) is 11.8 Å². The molecular weight excluding hydrogens is 372 g/mol. The molecule has 2 rings (SSSR count). The minimum atomic E-state index is -0.937. The van der Waals surface area contributed by atoms with Gasteiger partial charge in [0.25, 0.3) is 0 Å². The highest BCUT2D eigenvalue weighted by atomic mass is 16.5. The van der Waals surface area contributed by atoms with Crippen LogP contribution in [0.2, 0.25) is 0 Å². The second-order valence-electron chi connectivity index (χ2n) is 7.84. The third kappa shape index (κ3) is 8.01. The van der Waals surface area contributed by atoms with E-state index in [1.165, 1.54) is 0 Å². The summed E-state index contributed by atoms with van der Waals surface area (Å²) in [6.07, 6.45) is 14.2.